The molecular weight excluding hydrogens is 282 g/mol. The Morgan fingerprint density at radius 1 is 1.00 bits per heavy atom. The molecule has 0 aliphatic heterocycles. The lowest BCUT2D eigenvalue weighted by Crippen LogP contribution is -2.28. The molecule has 0 saturated heterocycles. The molecule has 0 aliphatic carbocycles. The van der Waals surface area contributed by atoms with Crippen molar-refractivity contribution in [1.82, 2.24) is 5.32 Å². The number of likely N-dealkylation sites (N-methyl/N-ethyl adjacent to an activating group) is 1. The van der Waals surface area contributed by atoms with Crippen LogP contribution in [0.5, 0.6) is 5.75 Å². The smallest absolute Gasteiger partial charge is 0.338 e. The fourth-order valence-corrected chi connectivity index (χ4v) is 1.92. The standard InChI is InChI=1S/C17H17NO4/c1-2-18-16(20)11-22-17(21)14-5-3-12(4-6-14)13-7-9-15(19)10-8-13/h3-10,19H,2,11H2,1H3,(H,18,20). The number of nitrogens with one attached hydrogen (secondary N) is 1. The van der Waals surface area contributed by atoms with Crippen LogP contribution < -0.4 is 5.32 Å². The van der Waals surface area contributed by atoms with E-state index in [0.29, 0.717) is 12.1 Å². The first kappa shape index (κ1) is 15.6. The van der Waals surface area contributed by atoms with E-state index >= 15 is 0 Å². The number of phenolic OH excluding ortho intramolecular Hbond substituents is 1. The van der Waals surface area contributed by atoms with Gasteiger partial charge in [-0.15, -0.1) is 0 Å². The zero-order chi connectivity index (χ0) is 15.9. The van der Waals surface area contributed by atoms with Crippen LogP contribution in [-0.2, 0) is 9.53 Å². The number of rotatable bonds is 5. The van der Waals surface area contributed by atoms with E-state index in [1.165, 1.54) is 0 Å². The largest absolute Gasteiger partial charge is 0.508 e. The molecular formula is C17H17NO4. The highest BCUT2D eigenvalue weighted by molar-refractivity contribution is 5.91. The van der Waals surface area contributed by atoms with Gasteiger partial charge in [0.05, 0.1) is 5.56 Å². The average molecular weight is 299 g/mol. The molecule has 2 aromatic rings. The van der Waals surface area contributed by atoms with Gasteiger partial charge < -0.3 is 15.2 Å². The number of benzene rings is 2. The first-order valence-electron chi connectivity index (χ1n) is 6.93. The quantitative estimate of drug-likeness (QED) is 0.831. The molecule has 114 valence electrons. The Morgan fingerprint density at radius 3 is 2.09 bits per heavy atom. The third kappa shape index (κ3) is 4.09. The minimum absolute atomic E-state index is 0.203. The predicted octanol–water partition coefficient (Wildman–Crippen LogP) is 2.35. The highest BCUT2D eigenvalue weighted by Crippen LogP contribution is 2.22. The van der Waals surface area contributed by atoms with E-state index in [-0.39, 0.29) is 18.3 Å². The normalized spacial score (nSPS) is 10.0. The summed E-state index contributed by atoms with van der Waals surface area (Å²) in [5.41, 5.74) is 2.23. The number of hydrogen-bond donors (Lipinski definition) is 2. The van der Waals surface area contributed by atoms with Gasteiger partial charge in [-0.1, -0.05) is 24.3 Å². The lowest BCUT2D eigenvalue weighted by molar-refractivity contribution is -0.124. The Bertz CT molecular complexity index is 647. The molecule has 0 fully saturated rings. The summed E-state index contributed by atoms with van der Waals surface area (Å²) in [6, 6.07) is 13.6. The predicted molar refractivity (Wildman–Crippen MR) is 82.5 cm³/mol. The van der Waals surface area contributed by atoms with Crippen LogP contribution in [0.2, 0.25) is 0 Å². The first-order valence-corrected chi connectivity index (χ1v) is 6.93. The molecule has 0 saturated carbocycles. The number of aromatic hydroxyl groups is 1. The first-order chi connectivity index (χ1) is 10.6. The van der Waals surface area contributed by atoms with Crippen LogP contribution in [0.25, 0.3) is 11.1 Å². The molecule has 0 bridgehead atoms. The van der Waals surface area contributed by atoms with Crippen LogP contribution in [0.3, 0.4) is 0 Å². The molecule has 5 nitrogen and oxygen atoms in total. The lowest BCUT2D eigenvalue weighted by atomic mass is 10.0. The van der Waals surface area contributed by atoms with E-state index in [1.807, 2.05) is 0 Å². The van der Waals surface area contributed by atoms with Crippen LogP contribution in [0.4, 0.5) is 0 Å². The van der Waals surface area contributed by atoms with Crippen molar-refractivity contribution in [2.45, 2.75) is 6.92 Å². The number of esters is 1. The van der Waals surface area contributed by atoms with Crippen molar-refractivity contribution < 1.29 is 19.4 Å². The van der Waals surface area contributed by atoms with Gasteiger partial charge in [0.2, 0.25) is 0 Å². The van der Waals surface area contributed by atoms with Crippen molar-refractivity contribution in [3.8, 4) is 16.9 Å². The number of hydrogen-bond acceptors (Lipinski definition) is 4. The van der Waals surface area contributed by atoms with Crippen molar-refractivity contribution in [1.29, 1.82) is 0 Å². The van der Waals surface area contributed by atoms with Crippen LogP contribution in [0, 0.1) is 0 Å². The second kappa shape index (κ2) is 7.26. The number of ether oxygens (including phenoxy) is 1. The topological polar surface area (TPSA) is 75.6 Å². The van der Waals surface area contributed by atoms with Gasteiger partial charge in [0, 0.05) is 6.54 Å². The maximum Gasteiger partial charge on any atom is 0.338 e. The van der Waals surface area contributed by atoms with E-state index in [1.54, 1.807) is 55.5 Å². The highest BCUT2D eigenvalue weighted by atomic mass is 16.5. The molecule has 5 heteroatoms. The molecule has 0 aromatic heterocycles. The molecule has 0 radical (unpaired) electrons. The molecule has 0 heterocycles. The van der Waals surface area contributed by atoms with Gasteiger partial charge in [-0.05, 0) is 42.3 Å². The summed E-state index contributed by atoms with van der Waals surface area (Å²) in [5, 5.41) is 11.8. The zero-order valence-electron chi connectivity index (χ0n) is 12.2. The molecule has 1 amide bonds. The molecule has 2 N–H and O–H groups in total. The maximum absolute atomic E-state index is 11.8. The van der Waals surface area contributed by atoms with Crippen LogP contribution in [-0.4, -0.2) is 30.1 Å². The van der Waals surface area contributed by atoms with Gasteiger partial charge in [-0.3, -0.25) is 4.79 Å². The molecule has 0 spiro atoms. The van der Waals surface area contributed by atoms with Crippen molar-refractivity contribution in [2.75, 3.05) is 13.2 Å². The van der Waals surface area contributed by atoms with Crippen LogP contribution in [0.15, 0.2) is 48.5 Å². The molecule has 22 heavy (non-hydrogen) atoms. The fraction of sp³-hybridized carbons (Fsp3) is 0.176. The summed E-state index contributed by atoms with van der Waals surface area (Å²) >= 11 is 0. The molecule has 2 aromatic carbocycles. The van der Waals surface area contributed by atoms with E-state index in [4.69, 9.17) is 4.74 Å². The number of phenols is 1. The zero-order valence-corrected chi connectivity index (χ0v) is 12.2. The summed E-state index contributed by atoms with van der Waals surface area (Å²) in [6.45, 7) is 2.01. The average Bonchev–Trinajstić information content (AvgIpc) is 2.54. The Kier molecular flexibility index (Phi) is 5.14. The summed E-state index contributed by atoms with van der Waals surface area (Å²) < 4.78 is 4.92. The second-order valence-electron chi connectivity index (χ2n) is 4.65. The van der Waals surface area contributed by atoms with Crippen molar-refractivity contribution in [2.24, 2.45) is 0 Å². The van der Waals surface area contributed by atoms with Crippen molar-refractivity contribution in [3.63, 3.8) is 0 Å². The number of carbonyl (C=O) groups excluding carboxylic acids is 2. The lowest BCUT2D eigenvalue weighted by Gasteiger charge is -2.06. The van der Waals surface area contributed by atoms with Gasteiger partial charge in [-0.2, -0.15) is 0 Å². The molecule has 0 atom stereocenters. The molecule has 0 unspecified atom stereocenters. The highest BCUT2D eigenvalue weighted by Gasteiger charge is 2.09. The summed E-state index contributed by atoms with van der Waals surface area (Å²) in [5.74, 6) is -0.658. The Labute approximate surface area is 128 Å². The fourth-order valence-electron chi connectivity index (χ4n) is 1.92. The monoisotopic (exact) mass is 299 g/mol. The maximum atomic E-state index is 11.8. The van der Waals surface area contributed by atoms with Gasteiger partial charge in [-0.25, -0.2) is 4.79 Å². The third-order valence-electron chi connectivity index (χ3n) is 3.03. The number of amides is 1. The van der Waals surface area contributed by atoms with Gasteiger partial charge in [0.25, 0.3) is 5.91 Å². The summed E-state index contributed by atoms with van der Waals surface area (Å²) in [7, 11) is 0. The van der Waals surface area contributed by atoms with E-state index < -0.39 is 5.97 Å². The van der Waals surface area contributed by atoms with E-state index in [2.05, 4.69) is 5.32 Å². The van der Waals surface area contributed by atoms with Crippen LogP contribution in [0.1, 0.15) is 17.3 Å². The Morgan fingerprint density at radius 2 is 1.55 bits per heavy atom. The summed E-state index contributed by atoms with van der Waals surface area (Å²) in [6.07, 6.45) is 0. The van der Waals surface area contributed by atoms with Crippen LogP contribution >= 0.6 is 0 Å². The van der Waals surface area contributed by atoms with Crippen molar-refractivity contribution >= 4 is 11.9 Å². The van der Waals surface area contributed by atoms with Gasteiger partial charge in [0.15, 0.2) is 6.61 Å². The molecule has 0 aliphatic rings. The van der Waals surface area contributed by atoms with E-state index in [0.717, 1.165) is 11.1 Å². The Balaban J connectivity index is 2.00. The van der Waals surface area contributed by atoms with Crippen molar-refractivity contribution in [3.05, 3.63) is 54.1 Å². The number of carbonyl (C=O) groups is 2. The SMILES string of the molecule is CCNC(=O)COC(=O)c1ccc(-c2ccc(O)cc2)cc1. The third-order valence-corrected chi connectivity index (χ3v) is 3.03. The van der Waals surface area contributed by atoms with Gasteiger partial charge >= 0.3 is 5.97 Å². The molecule has 2 rings (SSSR count). The second-order valence-corrected chi connectivity index (χ2v) is 4.65. The minimum Gasteiger partial charge on any atom is -0.508 e. The summed E-state index contributed by atoms with van der Waals surface area (Å²) in [4.78, 5) is 23.0. The Hall–Kier alpha value is -2.82. The van der Waals surface area contributed by atoms with E-state index in [9.17, 15) is 14.7 Å². The van der Waals surface area contributed by atoms with Gasteiger partial charge in [0.1, 0.15) is 5.75 Å². The minimum atomic E-state index is -0.538.